The van der Waals surface area contributed by atoms with Crippen molar-refractivity contribution in [2.45, 2.75) is 32.7 Å². The predicted octanol–water partition coefficient (Wildman–Crippen LogP) is 1.16. The van der Waals surface area contributed by atoms with Gasteiger partial charge in [0, 0.05) is 32.2 Å². The van der Waals surface area contributed by atoms with Gasteiger partial charge >= 0.3 is 5.97 Å². The molecule has 1 fully saturated rings. The van der Waals surface area contributed by atoms with Crippen LogP contribution in [-0.4, -0.2) is 58.2 Å². The highest BCUT2D eigenvalue weighted by Gasteiger charge is 2.27. The predicted molar refractivity (Wildman–Crippen MR) is 76.9 cm³/mol. The van der Waals surface area contributed by atoms with E-state index in [0.29, 0.717) is 44.1 Å². The maximum Gasteiger partial charge on any atom is 0.304 e. The van der Waals surface area contributed by atoms with Crippen LogP contribution in [0.1, 0.15) is 26.0 Å². The van der Waals surface area contributed by atoms with Crippen LogP contribution in [0.25, 0.3) is 0 Å². The number of piperazine rings is 1. The van der Waals surface area contributed by atoms with Crippen molar-refractivity contribution in [3.63, 3.8) is 0 Å². The van der Waals surface area contributed by atoms with Crippen molar-refractivity contribution in [1.29, 1.82) is 0 Å². The number of aliphatic carboxylic acids is 1. The Bertz CT molecular complexity index is 512. The second-order valence-corrected chi connectivity index (χ2v) is 5.30. The van der Waals surface area contributed by atoms with E-state index < -0.39 is 5.97 Å². The Morgan fingerprint density at radius 1 is 1.48 bits per heavy atom. The lowest BCUT2D eigenvalue weighted by atomic mass is 10.1. The molecule has 2 heterocycles. The van der Waals surface area contributed by atoms with E-state index in [1.807, 2.05) is 18.7 Å². The Morgan fingerprint density at radius 3 is 2.86 bits per heavy atom. The third-order valence-electron chi connectivity index (χ3n) is 3.80. The van der Waals surface area contributed by atoms with Gasteiger partial charge in [0.1, 0.15) is 6.33 Å². The molecule has 1 aliphatic rings. The number of nitrogens with zero attached hydrogens (tertiary/aromatic N) is 4. The summed E-state index contributed by atoms with van der Waals surface area (Å²) < 4.78 is 14.3. The Morgan fingerprint density at radius 2 is 2.24 bits per heavy atom. The van der Waals surface area contributed by atoms with Crippen LogP contribution in [0, 0.1) is 5.82 Å². The largest absolute Gasteiger partial charge is 0.481 e. The van der Waals surface area contributed by atoms with E-state index in [-0.39, 0.29) is 18.3 Å². The van der Waals surface area contributed by atoms with E-state index in [4.69, 9.17) is 5.11 Å². The summed E-state index contributed by atoms with van der Waals surface area (Å²) in [6, 6.07) is 0.0849. The molecular weight excluding hydrogens is 275 g/mol. The van der Waals surface area contributed by atoms with Crippen LogP contribution in [0.4, 0.5) is 10.2 Å². The SMILES string of the molecule is CCc1ncnc(N2CCN(CCC(=O)O)CC2C)c1F. The molecule has 0 saturated carbocycles. The van der Waals surface area contributed by atoms with Gasteiger partial charge < -0.3 is 10.0 Å². The first-order valence-corrected chi connectivity index (χ1v) is 7.23. The molecule has 1 aliphatic heterocycles. The Kier molecular flexibility index (Phi) is 5.06. The van der Waals surface area contributed by atoms with Gasteiger partial charge in [0.15, 0.2) is 11.6 Å². The summed E-state index contributed by atoms with van der Waals surface area (Å²) in [5.41, 5.74) is 0.431. The molecule has 0 spiro atoms. The monoisotopic (exact) mass is 296 g/mol. The highest BCUT2D eigenvalue weighted by Crippen LogP contribution is 2.23. The molecule has 1 atom stereocenters. The van der Waals surface area contributed by atoms with E-state index in [1.54, 1.807) is 0 Å². The Balaban J connectivity index is 2.05. The van der Waals surface area contributed by atoms with Gasteiger partial charge in [0.25, 0.3) is 0 Å². The minimum Gasteiger partial charge on any atom is -0.481 e. The molecule has 1 aromatic rings. The first kappa shape index (κ1) is 15.6. The summed E-state index contributed by atoms with van der Waals surface area (Å²) in [7, 11) is 0. The molecule has 0 radical (unpaired) electrons. The van der Waals surface area contributed by atoms with Crippen molar-refractivity contribution in [1.82, 2.24) is 14.9 Å². The van der Waals surface area contributed by atoms with E-state index in [9.17, 15) is 9.18 Å². The summed E-state index contributed by atoms with van der Waals surface area (Å²) in [5.74, 6) is -0.780. The van der Waals surface area contributed by atoms with Crippen LogP contribution < -0.4 is 4.90 Å². The van der Waals surface area contributed by atoms with Crippen molar-refractivity contribution >= 4 is 11.8 Å². The van der Waals surface area contributed by atoms with Gasteiger partial charge in [0.05, 0.1) is 12.1 Å². The third-order valence-corrected chi connectivity index (χ3v) is 3.80. The normalized spacial score (nSPS) is 19.8. The average Bonchev–Trinajstić information content (AvgIpc) is 2.46. The van der Waals surface area contributed by atoms with Gasteiger partial charge in [-0.15, -0.1) is 0 Å². The Labute approximate surface area is 123 Å². The van der Waals surface area contributed by atoms with Crippen molar-refractivity contribution in [2.75, 3.05) is 31.1 Å². The standard InChI is InChI=1S/C14H21FN4O2/c1-3-11-13(15)14(17-9-16-11)19-7-6-18(8-10(19)2)5-4-12(20)21/h9-10H,3-8H2,1-2H3,(H,20,21). The number of halogens is 1. The fraction of sp³-hybridized carbons (Fsp3) is 0.643. The minimum atomic E-state index is -0.792. The molecule has 0 aromatic carbocycles. The lowest BCUT2D eigenvalue weighted by Gasteiger charge is -2.40. The topological polar surface area (TPSA) is 69.6 Å². The average molecular weight is 296 g/mol. The quantitative estimate of drug-likeness (QED) is 0.879. The summed E-state index contributed by atoms with van der Waals surface area (Å²) in [6.45, 7) is 6.45. The molecule has 1 aromatic heterocycles. The highest BCUT2D eigenvalue weighted by atomic mass is 19.1. The summed E-state index contributed by atoms with van der Waals surface area (Å²) >= 11 is 0. The van der Waals surface area contributed by atoms with Gasteiger partial charge in [-0.25, -0.2) is 14.4 Å². The minimum absolute atomic E-state index is 0.0849. The van der Waals surface area contributed by atoms with Crippen LogP contribution >= 0.6 is 0 Å². The molecule has 0 aliphatic carbocycles. The van der Waals surface area contributed by atoms with Crippen molar-refractivity contribution in [3.05, 3.63) is 17.8 Å². The second kappa shape index (κ2) is 6.80. The lowest BCUT2D eigenvalue weighted by Crippen LogP contribution is -2.53. The fourth-order valence-corrected chi connectivity index (χ4v) is 2.65. The van der Waals surface area contributed by atoms with Gasteiger partial charge in [0.2, 0.25) is 0 Å². The van der Waals surface area contributed by atoms with Gasteiger partial charge in [-0.3, -0.25) is 9.69 Å². The maximum atomic E-state index is 14.3. The van der Waals surface area contributed by atoms with Gasteiger partial charge in [-0.05, 0) is 13.3 Å². The molecule has 7 heteroatoms. The van der Waals surface area contributed by atoms with Crippen LogP contribution in [0.3, 0.4) is 0 Å². The van der Waals surface area contributed by atoms with Crippen LogP contribution in [-0.2, 0) is 11.2 Å². The molecule has 1 saturated heterocycles. The first-order chi connectivity index (χ1) is 10.0. The number of aromatic nitrogens is 2. The van der Waals surface area contributed by atoms with Gasteiger partial charge in [-0.1, -0.05) is 6.92 Å². The fourth-order valence-electron chi connectivity index (χ4n) is 2.65. The molecular formula is C14H21FN4O2. The molecule has 21 heavy (non-hydrogen) atoms. The number of rotatable bonds is 5. The zero-order valence-corrected chi connectivity index (χ0v) is 12.4. The molecule has 116 valence electrons. The number of hydrogen-bond acceptors (Lipinski definition) is 5. The van der Waals surface area contributed by atoms with E-state index in [0.717, 1.165) is 0 Å². The number of carboxylic acids is 1. The smallest absolute Gasteiger partial charge is 0.304 e. The number of hydrogen-bond donors (Lipinski definition) is 1. The number of carboxylic acid groups (broad SMARTS) is 1. The first-order valence-electron chi connectivity index (χ1n) is 7.23. The number of aryl methyl sites for hydroxylation is 1. The molecule has 2 rings (SSSR count). The molecule has 1 unspecified atom stereocenters. The van der Waals surface area contributed by atoms with Gasteiger partial charge in [-0.2, -0.15) is 0 Å². The highest BCUT2D eigenvalue weighted by molar-refractivity contribution is 5.66. The maximum absolute atomic E-state index is 14.3. The number of anilines is 1. The summed E-state index contributed by atoms with van der Waals surface area (Å²) in [4.78, 5) is 22.7. The molecule has 6 nitrogen and oxygen atoms in total. The van der Waals surface area contributed by atoms with Crippen molar-refractivity contribution in [3.8, 4) is 0 Å². The summed E-state index contributed by atoms with van der Waals surface area (Å²) in [6.07, 6.45) is 2.07. The van der Waals surface area contributed by atoms with E-state index in [1.165, 1.54) is 6.33 Å². The van der Waals surface area contributed by atoms with E-state index >= 15 is 0 Å². The molecule has 1 N–H and O–H groups in total. The van der Waals surface area contributed by atoms with E-state index in [2.05, 4.69) is 14.9 Å². The second-order valence-electron chi connectivity index (χ2n) is 5.30. The van der Waals surface area contributed by atoms with Crippen LogP contribution in [0.5, 0.6) is 0 Å². The lowest BCUT2D eigenvalue weighted by molar-refractivity contribution is -0.137. The van der Waals surface area contributed by atoms with Crippen LogP contribution in [0.15, 0.2) is 6.33 Å². The zero-order valence-electron chi connectivity index (χ0n) is 12.4. The van der Waals surface area contributed by atoms with Crippen molar-refractivity contribution in [2.24, 2.45) is 0 Å². The zero-order chi connectivity index (χ0) is 15.4. The summed E-state index contributed by atoms with van der Waals surface area (Å²) in [5, 5.41) is 8.73. The van der Waals surface area contributed by atoms with Crippen molar-refractivity contribution < 1.29 is 14.3 Å². The molecule has 0 bridgehead atoms. The third kappa shape index (κ3) is 3.66. The van der Waals surface area contributed by atoms with Crippen LogP contribution in [0.2, 0.25) is 0 Å². The Hall–Kier alpha value is -1.76. The molecule has 0 amide bonds. The number of carbonyl (C=O) groups is 1.